The fraction of sp³-hybridized carbons (Fsp3) is 0.812. The predicted octanol–water partition coefficient (Wildman–Crippen LogP) is 18.9. The molecule has 2 unspecified atom stereocenters. The van der Waals surface area contributed by atoms with Crippen LogP contribution in [0.4, 0.5) is 0 Å². The van der Waals surface area contributed by atoms with Crippen molar-refractivity contribution in [1.29, 1.82) is 0 Å². The van der Waals surface area contributed by atoms with Crippen molar-refractivity contribution in [3.05, 3.63) is 60.8 Å². The molecule has 0 spiro atoms. The van der Waals surface area contributed by atoms with E-state index in [9.17, 15) is 19.0 Å². The first-order chi connectivity index (χ1) is 36.0. The molecule has 0 rings (SSSR count). The van der Waals surface area contributed by atoms with Gasteiger partial charge in [-0.3, -0.25) is 14.2 Å². The van der Waals surface area contributed by atoms with Gasteiger partial charge in [-0.1, -0.05) is 254 Å². The molecule has 432 valence electrons. The van der Waals surface area contributed by atoms with E-state index in [4.69, 9.17) is 18.5 Å². The van der Waals surface area contributed by atoms with Crippen molar-refractivity contribution in [1.82, 2.24) is 0 Å². The Hall–Kier alpha value is -2.29. The number of unbranched alkanes of at least 4 members (excludes halogenated alkanes) is 33. The summed E-state index contributed by atoms with van der Waals surface area (Å²) in [6, 6.07) is 0. The second kappa shape index (κ2) is 55.5. The summed E-state index contributed by atoms with van der Waals surface area (Å²) in [5.41, 5.74) is 0. The van der Waals surface area contributed by atoms with E-state index >= 15 is 0 Å². The summed E-state index contributed by atoms with van der Waals surface area (Å²) in [5, 5.41) is 0. The molecule has 74 heavy (non-hydrogen) atoms. The van der Waals surface area contributed by atoms with Crippen LogP contribution >= 0.6 is 7.82 Å². The van der Waals surface area contributed by atoms with E-state index in [1.54, 1.807) is 0 Å². The van der Waals surface area contributed by atoms with Gasteiger partial charge >= 0.3 is 11.9 Å². The molecule has 10 heteroatoms. The summed E-state index contributed by atoms with van der Waals surface area (Å²) in [6.45, 7) is 4.09. The lowest BCUT2D eigenvalue weighted by Gasteiger charge is -2.28. The highest BCUT2D eigenvalue weighted by Gasteiger charge is 2.22. The number of esters is 2. The fourth-order valence-electron chi connectivity index (χ4n) is 8.76. The molecule has 0 amide bonds. The van der Waals surface area contributed by atoms with Crippen LogP contribution < -0.4 is 4.89 Å². The molecule has 0 aliphatic carbocycles. The third kappa shape index (κ3) is 59.0. The van der Waals surface area contributed by atoms with Gasteiger partial charge in [-0.15, -0.1) is 0 Å². The van der Waals surface area contributed by atoms with Crippen LogP contribution in [0.3, 0.4) is 0 Å². The average molecular weight is 1060 g/mol. The molecule has 0 aliphatic rings. The summed E-state index contributed by atoms with van der Waals surface area (Å²) in [7, 11) is 1.15. The maximum atomic E-state index is 12.7. The number of likely N-dealkylation sites (N-methyl/N-ethyl adjacent to an activating group) is 1. The Kier molecular flexibility index (Phi) is 53.7. The molecule has 9 nitrogen and oxygen atoms in total. The van der Waals surface area contributed by atoms with E-state index in [1.165, 1.54) is 186 Å². The lowest BCUT2D eigenvalue weighted by Crippen LogP contribution is -2.37. The summed E-state index contributed by atoms with van der Waals surface area (Å²) in [5.74, 6) is -0.860. The van der Waals surface area contributed by atoms with E-state index in [2.05, 4.69) is 74.6 Å². The molecular formula is C64H118NO8P. The number of allylic oxidation sites excluding steroid dienone is 10. The number of hydrogen-bond acceptors (Lipinski definition) is 8. The maximum Gasteiger partial charge on any atom is 0.306 e. The smallest absolute Gasteiger partial charge is 0.306 e. The van der Waals surface area contributed by atoms with Crippen LogP contribution in [0, 0.1) is 0 Å². The maximum absolute atomic E-state index is 12.7. The lowest BCUT2D eigenvalue weighted by atomic mass is 10.0. The van der Waals surface area contributed by atoms with Gasteiger partial charge in [0.2, 0.25) is 0 Å². The number of carbonyl (C=O) groups excluding carboxylic acids is 2. The van der Waals surface area contributed by atoms with E-state index < -0.39 is 26.5 Å². The zero-order valence-corrected chi connectivity index (χ0v) is 49.9. The number of carbonyl (C=O) groups is 2. The van der Waals surface area contributed by atoms with Gasteiger partial charge in [0.1, 0.15) is 19.8 Å². The Morgan fingerprint density at radius 1 is 0.432 bits per heavy atom. The molecule has 0 radical (unpaired) electrons. The summed E-state index contributed by atoms with van der Waals surface area (Å²) in [6.07, 6.45) is 71.8. The van der Waals surface area contributed by atoms with Crippen LogP contribution in [-0.4, -0.2) is 70.0 Å². The number of nitrogens with zero attached hydrogens (tertiary/aromatic N) is 1. The van der Waals surface area contributed by atoms with Gasteiger partial charge in [0.15, 0.2) is 6.10 Å². The van der Waals surface area contributed by atoms with E-state index in [0.29, 0.717) is 17.4 Å². The Balaban J connectivity index is 3.89. The highest BCUT2D eigenvalue weighted by atomic mass is 31.2. The van der Waals surface area contributed by atoms with Crippen molar-refractivity contribution in [3.8, 4) is 0 Å². The molecule has 0 bridgehead atoms. The minimum Gasteiger partial charge on any atom is -0.756 e. The van der Waals surface area contributed by atoms with Gasteiger partial charge in [0, 0.05) is 12.8 Å². The van der Waals surface area contributed by atoms with Crippen LogP contribution in [0.15, 0.2) is 60.8 Å². The number of rotatable bonds is 57. The van der Waals surface area contributed by atoms with Crippen molar-refractivity contribution in [2.24, 2.45) is 0 Å². The summed E-state index contributed by atoms with van der Waals surface area (Å²) < 4.78 is 34.1. The molecule has 0 N–H and O–H groups in total. The van der Waals surface area contributed by atoms with Crippen LogP contribution in [0.2, 0.25) is 0 Å². The number of hydrogen-bond donors (Lipinski definition) is 0. The van der Waals surface area contributed by atoms with Gasteiger partial charge < -0.3 is 27.9 Å². The van der Waals surface area contributed by atoms with Crippen LogP contribution in [-0.2, 0) is 32.7 Å². The number of ether oxygens (including phenoxy) is 2. The summed E-state index contributed by atoms with van der Waals surface area (Å²) >= 11 is 0. The molecule has 0 heterocycles. The first kappa shape index (κ1) is 71.7. The number of phosphoric ester groups is 1. The lowest BCUT2D eigenvalue weighted by molar-refractivity contribution is -0.870. The SMILES string of the molecule is CC/C=C\C/C=C\C/C=C\CCCCCC(=O)OC(COC(=O)CCCCCCCCCCCCCCCCCCCCCCCCCCC/C=C\C/C=C\CCCCCCC)COP(=O)([O-])OCC[N+](C)(C)C. The topological polar surface area (TPSA) is 111 Å². The van der Waals surface area contributed by atoms with Crippen LogP contribution in [0.25, 0.3) is 0 Å². The minimum atomic E-state index is -4.64. The van der Waals surface area contributed by atoms with Gasteiger partial charge in [-0.25, -0.2) is 0 Å². The zero-order valence-electron chi connectivity index (χ0n) is 49.0. The zero-order chi connectivity index (χ0) is 54.2. The second-order valence-electron chi connectivity index (χ2n) is 22.0. The molecule has 0 fully saturated rings. The first-order valence-corrected chi connectivity index (χ1v) is 32.5. The molecule has 0 aliphatic heterocycles. The largest absolute Gasteiger partial charge is 0.756 e. The van der Waals surface area contributed by atoms with Gasteiger partial charge in [-0.2, -0.15) is 0 Å². The molecule has 0 aromatic rings. The van der Waals surface area contributed by atoms with Crippen molar-refractivity contribution in [2.75, 3.05) is 47.5 Å². The Morgan fingerprint density at radius 2 is 0.770 bits per heavy atom. The fourth-order valence-corrected chi connectivity index (χ4v) is 9.49. The number of phosphoric acid groups is 1. The predicted molar refractivity (Wildman–Crippen MR) is 314 cm³/mol. The van der Waals surface area contributed by atoms with Gasteiger partial charge in [0.05, 0.1) is 27.7 Å². The molecule has 0 aromatic carbocycles. The van der Waals surface area contributed by atoms with Crippen LogP contribution in [0.1, 0.15) is 284 Å². The molecule has 0 saturated heterocycles. The van der Waals surface area contributed by atoms with Gasteiger partial charge in [-0.05, 0) is 77.0 Å². The van der Waals surface area contributed by atoms with E-state index in [1.807, 2.05) is 21.1 Å². The van der Waals surface area contributed by atoms with Gasteiger partial charge in [0.25, 0.3) is 7.82 Å². The average Bonchev–Trinajstić information content (AvgIpc) is 3.36. The Labute approximate surface area is 457 Å². The van der Waals surface area contributed by atoms with Crippen molar-refractivity contribution in [3.63, 3.8) is 0 Å². The monoisotopic (exact) mass is 1060 g/mol. The first-order valence-electron chi connectivity index (χ1n) is 31.0. The van der Waals surface area contributed by atoms with Crippen molar-refractivity contribution < 1.29 is 42.1 Å². The Morgan fingerprint density at radius 3 is 1.16 bits per heavy atom. The van der Waals surface area contributed by atoms with Crippen LogP contribution in [0.5, 0.6) is 0 Å². The normalized spacial score (nSPS) is 13.6. The number of quaternary nitrogens is 1. The highest BCUT2D eigenvalue weighted by molar-refractivity contribution is 7.45. The van der Waals surface area contributed by atoms with E-state index in [-0.39, 0.29) is 32.0 Å². The minimum absolute atomic E-state index is 0.0370. The molecule has 2 atom stereocenters. The molecule has 0 saturated carbocycles. The standard InChI is InChI=1S/C64H118NO8P/c1-6-8-10-12-14-16-18-20-21-22-23-24-25-26-27-28-29-30-31-32-33-34-35-36-37-38-39-40-41-42-43-45-46-48-50-52-54-56-63(66)70-60-62(61-72-74(68,69)71-59-58-65(3,4)5)73-64(67)57-55-53-51-49-47-44-19-17-15-13-11-9-7-2/h9,11,15,17-18,20,22-23,44,47,62H,6-8,10,12-14,16,19,21,24-43,45-46,48-61H2,1-5H3/b11-9-,17-15-,20-18-,23-22-,47-44-. The van der Waals surface area contributed by atoms with Crippen molar-refractivity contribution >= 4 is 19.8 Å². The quantitative estimate of drug-likeness (QED) is 0.0195. The molecular weight excluding hydrogens is 942 g/mol. The van der Waals surface area contributed by atoms with E-state index in [0.717, 1.165) is 64.2 Å². The third-order valence-electron chi connectivity index (χ3n) is 13.5. The van der Waals surface area contributed by atoms with Crippen molar-refractivity contribution in [2.45, 2.75) is 290 Å². The molecule has 0 aromatic heterocycles. The highest BCUT2D eigenvalue weighted by Crippen LogP contribution is 2.38. The Bertz CT molecular complexity index is 1430. The second-order valence-corrected chi connectivity index (χ2v) is 23.4. The third-order valence-corrected chi connectivity index (χ3v) is 14.5. The summed E-state index contributed by atoms with van der Waals surface area (Å²) in [4.78, 5) is 37.8.